The Morgan fingerprint density at radius 1 is 0.971 bits per heavy atom. The van der Waals surface area contributed by atoms with E-state index in [9.17, 15) is 21.6 Å². The molecule has 1 N–H and O–H groups in total. The second-order valence-electron chi connectivity index (χ2n) is 8.15. The number of hydrogen-bond acceptors (Lipinski definition) is 6. The molecule has 2 aromatic rings. The number of nitrogens with one attached hydrogen (secondary N) is 1. The van der Waals surface area contributed by atoms with Crippen LogP contribution < -0.4 is 10.1 Å². The van der Waals surface area contributed by atoms with Crippen LogP contribution in [-0.4, -0.2) is 70.4 Å². The number of nitrogens with zero attached hydrogens (tertiary/aromatic N) is 2. The normalized spacial score (nSPS) is 15.2. The van der Waals surface area contributed by atoms with E-state index < -0.39 is 26.0 Å². The number of hydrogen-bond donors (Lipinski definition) is 1. The summed E-state index contributed by atoms with van der Waals surface area (Å²) in [5.74, 6) is 0.0432. The van der Waals surface area contributed by atoms with E-state index in [4.69, 9.17) is 4.74 Å². The van der Waals surface area contributed by atoms with Crippen molar-refractivity contribution >= 4 is 26.0 Å². The van der Waals surface area contributed by atoms with E-state index in [-0.39, 0.29) is 31.1 Å². The molecule has 1 saturated heterocycles. The molecule has 0 saturated carbocycles. The van der Waals surface area contributed by atoms with Crippen molar-refractivity contribution in [2.24, 2.45) is 0 Å². The van der Waals surface area contributed by atoms with E-state index in [1.165, 1.54) is 16.4 Å². The molecule has 186 valence electrons. The van der Waals surface area contributed by atoms with Crippen molar-refractivity contribution in [2.45, 2.75) is 30.7 Å². The van der Waals surface area contributed by atoms with Crippen LogP contribution in [0.15, 0.2) is 59.5 Å². The van der Waals surface area contributed by atoms with Crippen molar-refractivity contribution in [1.29, 1.82) is 0 Å². The SMILES string of the molecule is CS(=O)(=O)N(CC(=O)NCCOc1ccc(S(=O)(=O)N2CCCCC2)cc1)Cc1ccccc1. The second kappa shape index (κ2) is 11.8. The summed E-state index contributed by atoms with van der Waals surface area (Å²) < 4.78 is 57.7. The summed E-state index contributed by atoms with van der Waals surface area (Å²) in [6, 6.07) is 15.3. The largest absolute Gasteiger partial charge is 0.492 e. The highest BCUT2D eigenvalue weighted by molar-refractivity contribution is 7.89. The Morgan fingerprint density at radius 2 is 1.62 bits per heavy atom. The van der Waals surface area contributed by atoms with E-state index in [0.29, 0.717) is 18.8 Å². The summed E-state index contributed by atoms with van der Waals surface area (Å²) >= 11 is 0. The number of ether oxygens (including phenoxy) is 1. The summed E-state index contributed by atoms with van der Waals surface area (Å²) in [6.07, 6.45) is 3.87. The van der Waals surface area contributed by atoms with Gasteiger partial charge in [-0.3, -0.25) is 4.79 Å². The molecule has 0 spiro atoms. The van der Waals surface area contributed by atoms with Crippen molar-refractivity contribution in [3.63, 3.8) is 0 Å². The van der Waals surface area contributed by atoms with E-state index in [1.54, 1.807) is 24.3 Å². The van der Waals surface area contributed by atoms with Gasteiger partial charge in [0.1, 0.15) is 12.4 Å². The van der Waals surface area contributed by atoms with Crippen molar-refractivity contribution in [3.8, 4) is 5.75 Å². The predicted molar refractivity (Wildman–Crippen MR) is 129 cm³/mol. The quantitative estimate of drug-likeness (QED) is 0.463. The Kier molecular flexibility index (Phi) is 9.06. The molecule has 11 heteroatoms. The van der Waals surface area contributed by atoms with Gasteiger partial charge in [0.25, 0.3) is 0 Å². The van der Waals surface area contributed by atoms with Gasteiger partial charge in [0.15, 0.2) is 0 Å². The Morgan fingerprint density at radius 3 is 2.24 bits per heavy atom. The van der Waals surface area contributed by atoms with Gasteiger partial charge in [-0.2, -0.15) is 8.61 Å². The Hall–Kier alpha value is -2.47. The van der Waals surface area contributed by atoms with Crippen LogP contribution in [0.3, 0.4) is 0 Å². The first kappa shape index (κ1) is 26.1. The van der Waals surface area contributed by atoms with Crippen molar-refractivity contribution in [3.05, 3.63) is 60.2 Å². The molecule has 0 radical (unpaired) electrons. The van der Waals surface area contributed by atoms with Crippen LogP contribution in [0.2, 0.25) is 0 Å². The molecule has 1 amide bonds. The van der Waals surface area contributed by atoms with Crippen LogP contribution in [0.25, 0.3) is 0 Å². The van der Waals surface area contributed by atoms with Gasteiger partial charge >= 0.3 is 0 Å². The lowest BCUT2D eigenvalue weighted by atomic mass is 10.2. The second-order valence-corrected chi connectivity index (χ2v) is 12.1. The molecule has 0 aromatic heterocycles. The molecule has 1 fully saturated rings. The van der Waals surface area contributed by atoms with Crippen molar-refractivity contribution in [1.82, 2.24) is 13.9 Å². The molecule has 0 atom stereocenters. The van der Waals surface area contributed by atoms with E-state index >= 15 is 0 Å². The minimum absolute atomic E-state index is 0.107. The summed E-state index contributed by atoms with van der Waals surface area (Å²) in [6.45, 7) is 1.23. The minimum Gasteiger partial charge on any atom is -0.492 e. The highest BCUT2D eigenvalue weighted by atomic mass is 32.2. The number of amides is 1. The molecule has 0 unspecified atom stereocenters. The van der Waals surface area contributed by atoms with Gasteiger partial charge in [0.05, 0.1) is 24.2 Å². The lowest BCUT2D eigenvalue weighted by molar-refractivity contribution is -0.121. The third-order valence-electron chi connectivity index (χ3n) is 5.46. The predicted octanol–water partition coefficient (Wildman–Crippen LogP) is 1.82. The first-order chi connectivity index (χ1) is 16.2. The van der Waals surface area contributed by atoms with Gasteiger partial charge < -0.3 is 10.1 Å². The number of rotatable bonds is 11. The van der Waals surface area contributed by atoms with Crippen LogP contribution in [-0.2, 0) is 31.4 Å². The lowest BCUT2D eigenvalue weighted by Gasteiger charge is -2.25. The zero-order valence-electron chi connectivity index (χ0n) is 19.2. The molecule has 1 aliphatic heterocycles. The smallest absolute Gasteiger partial charge is 0.243 e. The Bertz CT molecular complexity index is 1150. The Balaban J connectivity index is 1.45. The lowest BCUT2D eigenvalue weighted by Crippen LogP contribution is -2.40. The molecule has 0 bridgehead atoms. The molecule has 1 aliphatic rings. The van der Waals surface area contributed by atoms with Crippen molar-refractivity contribution < 1.29 is 26.4 Å². The standard InChI is InChI=1S/C23H31N3O6S2/c1-33(28,29)26(18-20-8-4-2-5-9-20)19-23(27)24-14-17-32-21-10-12-22(13-11-21)34(30,31)25-15-6-3-7-16-25/h2,4-5,8-13H,3,6-7,14-19H2,1H3,(H,24,27). The van der Waals surface area contributed by atoms with Crippen LogP contribution >= 0.6 is 0 Å². The van der Waals surface area contributed by atoms with Crippen LogP contribution in [0.5, 0.6) is 5.75 Å². The fourth-order valence-electron chi connectivity index (χ4n) is 3.62. The maximum Gasteiger partial charge on any atom is 0.243 e. The van der Waals surface area contributed by atoms with Gasteiger partial charge in [-0.15, -0.1) is 0 Å². The topological polar surface area (TPSA) is 113 Å². The average Bonchev–Trinajstić information content (AvgIpc) is 2.82. The van der Waals surface area contributed by atoms with Crippen LogP contribution in [0.4, 0.5) is 0 Å². The molecule has 3 rings (SSSR count). The average molecular weight is 510 g/mol. The van der Waals surface area contributed by atoms with E-state index in [2.05, 4.69) is 5.32 Å². The van der Waals surface area contributed by atoms with Gasteiger partial charge in [0, 0.05) is 19.6 Å². The third kappa shape index (κ3) is 7.52. The number of carbonyl (C=O) groups excluding carboxylic acids is 1. The fourth-order valence-corrected chi connectivity index (χ4v) is 5.87. The first-order valence-electron chi connectivity index (χ1n) is 11.1. The van der Waals surface area contributed by atoms with E-state index in [0.717, 1.165) is 35.4 Å². The molecule has 9 nitrogen and oxygen atoms in total. The first-order valence-corrected chi connectivity index (χ1v) is 14.4. The third-order valence-corrected chi connectivity index (χ3v) is 8.57. The van der Waals surface area contributed by atoms with Gasteiger partial charge in [-0.1, -0.05) is 36.8 Å². The summed E-state index contributed by atoms with van der Waals surface area (Å²) in [7, 11) is -7.06. The Labute approximate surface area is 201 Å². The van der Waals surface area contributed by atoms with Gasteiger partial charge in [-0.05, 0) is 42.7 Å². The van der Waals surface area contributed by atoms with E-state index in [1.807, 2.05) is 18.2 Å². The highest BCUT2D eigenvalue weighted by Crippen LogP contribution is 2.22. The van der Waals surface area contributed by atoms with Crippen LogP contribution in [0, 0.1) is 0 Å². The van der Waals surface area contributed by atoms with Gasteiger partial charge in [0.2, 0.25) is 26.0 Å². The van der Waals surface area contributed by atoms with Gasteiger partial charge in [-0.25, -0.2) is 16.8 Å². The highest BCUT2D eigenvalue weighted by Gasteiger charge is 2.25. The molecule has 2 aromatic carbocycles. The summed E-state index contributed by atoms with van der Waals surface area (Å²) in [5, 5.41) is 2.65. The minimum atomic E-state index is -3.57. The maximum absolute atomic E-state index is 12.7. The number of benzene rings is 2. The molecule has 1 heterocycles. The summed E-state index contributed by atoms with van der Waals surface area (Å²) in [5.41, 5.74) is 0.787. The molecule has 0 aliphatic carbocycles. The van der Waals surface area contributed by atoms with Crippen molar-refractivity contribution in [2.75, 3.05) is 39.0 Å². The molecular formula is C23H31N3O6S2. The fraction of sp³-hybridized carbons (Fsp3) is 0.435. The van der Waals surface area contributed by atoms with Crippen LogP contribution in [0.1, 0.15) is 24.8 Å². The number of piperidine rings is 1. The maximum atomic E-state index is 12.7. The number of carbonyl (C=O) groups is 1. The molecular weight excluding hydrogens is 478 g/mol. The zero-order valence-corrected chi connectivity index (χ0v) is 20.9. The number of sulfonamides is 2. The molecule has 34 heavy (non-hydrogen) atoms. The zero-order chi connectivity index (χ0) is 24.6. The summed E-state index contributed by atoms with van der Waals surface area (Å²) in [4.78, 5) is 12.5. The monoisotopic (exact) mass is 509 g/mol.